The molecule has 2 aromatic rings. The van der Waals surface area contributed by atoms with Crippen LogP contribution < -0.4 is 10.0 Å². The molecule has 28 heavy (non-hydrogen) atoms. The van der Waals surface area contributed by atoms with E-state index in [2.05, 4.69) is 10.0 Å². The summed E-state index contributed by atoms with van der Waals surface area (Å²) in [4.78, 5) is 12.7. The number of anilines is 1. The van der Waals surface area contributed by atoms with E-state index in [-0.39, 0.29) is 39.4 Å². The van der Waals surface area contributed by atoms with Gasteiger partial charge in [0.15, 0.2) is 0 Å². The molecule has 0 radical (unpaired) electrons. The summed E-state index contributed by atoms with van der Waals surface area (Å²) >= 11 is 12.0. The highest BCUT2D eigenvalue weighted by atomic mass is 35.5. The molecule has 0 saturated heterocycles. The first-order valence-corrected chi connectivity index (χ1v) is 11.1. The van der Waals surface area contributed by atoms with Gasteiger partial charge in [0, 0.05) is 11.1 Å². The van der Waals surface area contributed by atoms with Gasteiger partial charge < -0.3 is 5.32 Å². The Morgan fingerprint density at radius 1 is 0.929 bits per heavy atom. The van der Waals surface area contributed by atoms with Gasteiger partial charge in [-0.3, -0.25) is 9.52 Å². The zero-order valence-corrected chi connectivity index (χ0v) is 18.5. The van der Waals surface area contributed by atoms with Gasteiger partial charge in [-0.15, -0.1) is 0 Å². The Morgan fingerprint density at radius 3 is 2.00 bits per heavy atom. The maximum atomic E-state index is 12.6. The van der Waals surface area contributed by atoms with Crippen molar-refractivity contribution in [1.82, 2.24) is 5.32 Å². The normalized spacial score (nSPS) is 11.9. The Hall–Kier alpha value is -1.76. The Morgan fingerprint density at radius 2 is 1.50 bits per heavy atom. The highest BCUT2D eigenvalue weighted by molar-refractivity contribution is 7.92. The Kier molecular flexibility index (Phi) is 7.37. The molecule has 0 aromatic heterocycles. The lowest BCUT2D eigenvalue weighted by atomic mass is 9.93. The number of hydrogen-bond donors (Lipinski definition) is 2. The maximum absolute atomic E-state index is 12.6. The third-order valence-electron chi connectivity index (χ3n) is 4.32. The highest BCUT2D eigenvalue weighted by Crippen LogP contribution is 2.24. The fourth-order valence-corrected chi connectivity index (χ4v) is 4.36. The summed E-state index contributed by atoms with van der Waals surface area (Å²) in [6.45, 7) is 8.17. The molecule has 0 fully saturated rings. The molecule has 1 amide bonds. The first-order chi connectivity index (χ1) is 13.0. The van der Waals surface area contributed by atoms with Gasteiger partial charge in [-0.25, -0.2) is 8.42 Å². The van der Waals surface area contributed by atoms with Crippen LogP contribution >= 0.6 is 23.2 Å². The minimum atomic E-state index is -3.79. The van der Waals surface area contributed by atoms with E-state index >= 15 is 0 Å². The molecule has 0 spiro atoms. The van der Waals surface area contributed by atoms with Crippen LogP contribution in [0.4, 0.5) is 5.69 Å². The van der Waals surface area contributed by atoms with Crippen molar-refractivity contribution in [3.8, 4) is 0 Å². The number of hydrogen-bond acceptors (Lipinski definition) is 3. The number of amides is 1. The van der Waals surface area contributed by atoms with Crippen molar-refractivity contribution in [2.45, 2.75) is 38.6 Å². The van der Waals surface area contributed by atoms with Crippen molar-refractivity contribution < 1.29 is 13.2 Å². The molecule has 2 N–H and O–H groups in total. The standard InChI is InChI=1S/C20H24Cl2N2O3S/c1-12(2)19(13(3)4)23-20(25)17-10-7-15(11-18(17)22)24-28(26,27)16-8-5-14(21)6-9-16/h5-13,19,24H,1-4H3,(H,23,25). The van der Waals surface area contributed by atoms with Crippen molar-refractivity contribution in [3.05, 3.63) is 58.1 Å². The first kappa shape index (κ1) is 22.5. The lowest BCUT2D eigenvalue weighted by Gasteiger charge is -2.26. The second-order valence-electron chi connectivity index (χ2n) is 7.24. The summed E-state index contributed by atoms with van der Waals surface area (Å²) in [7, 11) is -3.79. The van der Waals surface area contributed by atoms with Crippen LogP contribution in [-0.4, -0.2) is 20.4 Å². The van der Waals surface area contributed by atoms with Crippen molar-refractivity contribution in [1.29, 1.82) is 0 Å². The second kappa shape index (κ2) is 9.16. The fraction of sp³-hybridized carbons (Fsp3) is 0.350. The number of rotatable bonds is 7. The highest BCUT2D eigenvalue weighted by Gasteiger charge is 2.22. The molecule has 5 nitrogen and oxygen atoms in total. The maximum Gasteiger partial charge on any atom is 0.261 e. The number of sulfonamides is 1. The predicted molar refractivity (Wildman–Crippen MR) is 115 cm³/mol. The van der Waals surface area contributed by atoms with Crippen molar-refractivity contribution in [2.24, 2.45) is 11.8 Å². The van der Waals surface area contributed by atoms with Gasteiger partial charge in [0.2, 0.25) is 0 Å². The smallest absolute Gasteiger partial charge is 0.261 e. The van der Waals surface area contributed by atoms with Gasteiger partial charge in [-0.2, -0.15) is 0 Å². The SMILES string of the molecule is CC(C)C(NC(=O)c1ccc(NS(=O)(=O)c2ccc(Cl)cc2)cc1Cl)C(C)C. The molecule has 0 atom stereocenters. The first-order valence-electron chi connectivity index (χ1n) is 8.90. The van der Waals surface area contributed by atoms with Crippen molar-refractivity contribution in [3.63, 3.8) is 0 Å². The fourth-order valence-electron chi connectivity index (χ4n) is 2.92. The number of benzene rings is 2. The van der Waals surface area contributed by atoms with Gasteiger partial charge in [0.1, 0.15) is 0 Å². The topological polar surface area (TPSA) is 75.3 Å². The van der Waals surface area contributed by atoms with Crippen LogP contribution in [0.5, 0.6) is 0 Å². The number of nitrogens with one attached hydrogen (secondary N) is 2. The summed E-state index contributed by atoms with van der Waals surface area (Å²) in [5.41, 5.74) is 0.558. The molecule has 2 rings (SSSR count). The summed E-state index contributed by atoms with van der Waals surface area (Å²) in [6.07, 6.45) is 0. The summed E-state index contributed by atoms with van der Waals surface area (Å²) in [5, 5.41) is 3.61. The average molecular weight is 443 g/mol. The van der Waals surface area contributed by atoms with Crippen LogP contribution in [0.15, 0.2) is 47.4 Å². The van der Waals surface area contributed by atoms with Gasteiger partial charge in [-0.1, -0.05) is 50.9 Å². The quantitative estimate of drug-likeness (QED) is 0.617. The molecule has 0 aliphatic heterocycles. The van der Waals surface area contributed by atoms with E-state index in [9.17, 15) is 13.2 Å². The van der Waals surface area contributed by atoms with E-state index in [0.29, 0.717) is 10.6 Å². The van der Waals surface area contributed by atoms with Crippen molar-refractivity contribution >= 4 is 44.8 Å². The molecule has 0 aliphatic carbocycles. The van der Waals surface area contributed by atoms with Crippen LogP contribution in [0.1, 0.15) is 38.1 Å². The van der Waals surface area contributed by atoms with E-state index in [1.807, 2.05) is 27.7 Å². The minimum absolute atomic E-state index is 0.00616. The molecule has 0 bridgehead atoms. The Bertz CT molecular complexity index is 934. The molecule has 0 heterocycles. The lowest BCUT2D eigenvalue weighted by Crippen LogP contribution is -2.42. The molecule has 152 valence electrons. The average Bonchev–Trinajstić information content (AvgIpc) is 2.59. The van der Waals surface area contributed by atoms with E-state index in [4.69, 9.17) is 23.2 Å². The van der Waals surface area contributed by atoms with Crippen LogP contribution in [0.2, 0.25) is 10.0 Å². The Balaban J connectivity index is 2.19. The van der Waals surface area contributed by atoms with Gasteiger partial charge in [-0.05, 0) is 54.3 Å². The van der Waals surface area contributed by atoms with E-state index in [0.717, 1.165) is 0 Å². The number of halogens is 2. The monoisotopic (exact) mass is 442 g/mol. The van der Waals surface area contributed by atoms with Crippen molar-refractivity contribution in [2.75, 3.05) is 4.72 Å². The predicted octanol–water partition coefficient (Wildman–Crippen LogP) is 5.20. The zero-order valence-electron chi connectivity index (χ0n) is 16.2. The third kappa shape index (κ3) is 5.63. The number of carbonyl (C=O) groups excluding carboxylic acids is 1. The molecule has 0 aliphatic rings. The van der Waals surface area contributed by atoms with Gasteiger partial charge in [0.05, 0.1) is 21.2 Å². The third-order valence-corrected chi connectivity index (χ3v) is 6.29. The lowest BCUT2D eigenvalue weighted by molar-refractivity contribution is 0.0910. The molecule has 2 aromatic carbocycles. The van der Waals surface area contributed by atoms with Crippen LogP contribution in [0, 0.1) is 11.8 Å². The minimum Gasteiger partial charge on any atom is -0.349 e. The Labute approximate surface area is 176 Å². The van der Waals surface area contributed by atoms with E-state index in [1.165, 1.54) is 42.5 Å². The van der Waals surface area contributed by atoms with Gasteiger partial charge >= 0.3 is 0 Å². The van der Waals surface area contributed by atoms with Crippen LogP contribution in [0.25, 0.3) is 0 Å². The van der Waals surface area contributed by atoms with Crippen LogP contribution in [0.3, 0.4) is 0 Å². The molecular weight excluding hydrogens is 419 g/mol. The summed E-state index contributed by atoms with van der Waals surface area (Å²) in [6, 6.07) is 10.3. The molecule has 0 saturated carbocycles. The van der Waals surface area contributed by atoms with Crippen LogP contribution in [-0.2, 0) is 10.0 Å². The second-order valence-corrected chi connectivity index (χ2v) is 9.77. The van der Waals surface area contributed by atoms with Gasteiger partial charge in [0.25, 0.3) is 15.9 Å². The van der Waals surface area contributed by atoms with E-state index < -0.39 is 10.0 Å². The molecule has 0 unspecified atom stereocenters. The van der Waals surface area contributed by atoms with E-state index in [1.54, 1.807) is 0 Å². The largest absolute Gasteiger partial charge is 0.349 e. The molecular formula is C20H24Cl2N2O3S. The summed E-state index contributed by atoms with van der Waals surface area (Å²) in [5.74, 6) is 0.255. The molecule has 8 heteroatoms. The number of carbonyl (C=O) groups is 1. The zero-order chi connectivity index (χ0) is 21.1. The summed E-state index contributed by atoms with van der Waals surface area (Å²) < 4.78 is 27.4.